The van der Waals surface area contributed by atoms with E-state index >= 15 is 0 Å². The Morgan fingerprint density at radius 2 is 1.62 bits per heavy atom. The maximum atomic E-state index is 6.00. The average molecular weight is 530 g/mol. The van der Waals surface area contributed by atoms with Gasteiger partial charge >= 0.3 is 0 Å². The maximum absolute atomic E-state index is 6.00. The summed E-state index contributed by atoms with van der Waals surface area (Å²) in [5.74, 6) is 1.38. The summed E-state index contributed by atoms with van der Waals surface area (Å²) in [7, 11) is 0. The average Bonchev–Trinajstić information content (AvgIpc) is 3.30. The van der Waals surface area contributed by atoms with Crippen molar-refractivity contribution in [1.82, 2.24) is 9.97 Å². The van der Waals surface area contributed by atoms with E-state index in [0.717, 1.165) is 45.3 Å². The number of benzene rings is 4. The second kappa shape index (κ2) is 9.77. The second-order valence-corrected chi connectivity index (χ2v) is 9.79. The summed E-state index contributed by atoms with van der Waals surface area (Å²) in [6.07, 6.45) is 2.04. The van der Waals surface area contributed by atoms with E-state index in [4.69, 9.17) is 16.6 Å². The molecule has 1 N–H and O–H groups in total. The highest BCUT2D eigenvalue weighted by Crippen LogP contribution is 2.40. The number of hydrogen-bond donors (Lipinski definition) is 1. The molecule has 0 amide bonds. The molecule has 0 unspecified atom stereocenters. The Bertz CT molecular complexity index is 1450. The van der Waals surface area contributed by atoms with E-state index in [-0.39, 0.29) is 0 Å². The number of fused-ring (bicyclic) bond motifs is 1. The molecule has 0 aliphatic rings. The second-order valence-electron chi connectivity index (χ2n) is 8.67. The first-order valence-electron chi connectivity index (χ1n) is 11.6. The van der Waals surface area contributed by atoms with Crippen LogP contribution in [0.2, 0.25) is 0 Å². The van der Waals surface area contributed by atoms with Gasteiger partial charge in [-0.1, -0.05) is 96.0 Å². The molecule has 170 valence electrons. The Morgan fingerprint density at radius 3 is 2.29 bits per heavy atom. The van der Waals surface area contributed by atoms with Crippen molar-refractivity contribution in [3.05, 3.63) is 100 Å². The highest BCUT2D eigenvalue weighted by atomic mass is 79.9. The zero-order valence-corrected chi connectivity index (χ0v) is 21.7. The summed E-state index contributed by atoms with van der Waals surface area (Å²) in [6, 6.07) is 27.8. The van der Waals surface area contributed by atoms with Crippen molar-refractivity contribution in [1.29, 1.82) is 0 Å². The number of rotatable bonds is 6. The number of halogens is 2. The van der Waals surface area contributed by atoms with Gasteiger partial charge in [-0.05, 0) is 58.9 Å². The van der Waals surface area contributed by atoms with Crippen molar-refractivity contribution in [3.8, 4) is 33.6 Å². The number of alkyl halides is 1. The number of aromatic nitrogens is 2. The molecule has 1 aromatic heterocycles. The molecule has 0 saturated heterocycles. The summed E-state index contributed by atoms with van der Waals surface area (Å²) in [5.41, 5.74) is 11.7. The predicted molar refractivity (Wildman–Crippen MR) is 148 cm³/mol. The molecule has 2 nitrogen and oxygen atoms in total. The Labute approximate surface area is 214 Å². The first kappa shape index (κ1) is 22.9. The van der Waals surface area contributed by atoms with E-state index in [2.05, 4.69) is 114 Å². The minimum atomic E-state index is 0.509. The van der Waals surface area contributed by atoms with Gasteiger partial charge in [-0.2, -0.15) is 0 Å². The topological polar surface area (TPSA) is 28.7 Å². The molecule has 0 bridgehead atoms. The van der Waals surface area contributed by atoms with Gasteiger partial charge in [0.2, 0.25) is 0 Å². The van der Waals surface area contributed by atoms with Crippen LogP contribution in [0.5, 0.6) is 0 Å². The molecule has 0 spiro atoms. The lowest BCUT2D eigenvalue weighted by atomic mass is 9.88. The van der Waals surface area contributed by atoms with Crippen molar-refractivity contribution < 1.29 is 0 Å². The van der Waals surface area contributed by atoms with Gasteiger partial charge in [0.1, 0.15) is 5.82 Å². The minimum Gasteiger partial charge on any atom is -0.338 e. The van der Waals surface area contributed by atoms with Crippen LogP contribution in [0.3, 0.4) is 0 Å². The standard InChI is InChI=1S/C30H26BrClN2/c1-3-7-24-25(23-14-15-26(31)19(2)16-23)17-27-29(28(24)21-8-5-4-6-9-21)34-30(33-27)22-12-10-20(18-32)11-13-22/h4-6,8-17H,3,7,18H2,1-2H3,(H,33,34). The zero-order chi connectivity index (χ0) is 23.7. The van der Waals surface area contributed by atoms with Crippen LogP contribution < -0.4 is 0 Å². The molecule has 0 aliphatic heterocycles. The smallest absolute Gasteiger partial charge is 0.138 e. The third kappa shape index (κ3) is 4.31. The highest BCUT2D eigenvalue weighted by molar-refractivity contribution is 9.10. The normalized spacial score (nSPS) is 11.3. The van der Waals surface area contributed by atoms with Crippen molar-refractivity contribution in [2.24, 2.45) is 0 Å². The summed E-state index contributed by atoms with van der Waals surface area (Å²) in [6.45, 7) is 4.38. The third-order valence-electron chi connectivity index (χ3n) is 6.30. The van der Waals surface area contributed by atoms with Crippen LogP contribution in [0.15, 0.2) is 83.3 Å². The molecule has 4 heteroatoms. The number of aromatic amines is 1. The van der Waals surface area contributed by atoms with Crippen molar-refractivity contribution in [2.75, 3.05) is 0 Å². The van der Waals surface area contributed by atoms with Crippen LogP contribution in [0.4, 0.5) is 0 Å². The lowest BCUT2D eigenvalue weighted by Crippen LogP contribution is -1.97. The van der Waals surface area contributed by atoms with Crippen LogP contribution in [0.25, 0.3) is 44.7 Å². The van der Waals surface area contributed by atoms with Gasteiger partial charge in [0.05, 0.1) is 11.0 Å². The van der Waals surface area contributed by atoms with Gasteiger partial charge < -0.3 is 4.98 Å². The Kier molecular flexibility index (Phi) is 6.58. The Hall–Kier alpha value is -2.88. The van der Waals surface area contributed by atoms with E-state index < -0.39 is 0 Å². The number of hydrogen-bond acceptors (Lipinski definition) is 1. The van der Waals surface area contributed by atoms with E-state index in [1.165, 1.54) is 33.4 Å². The molecule has 1 heterocycles. The number of H-pyrrole nitrogens is 1. The molecule has 0 aliphatic carbocycles. The monoisotopic (exact) mass is 528 g/mol. The number of imidazole rings is 1. The summed E-state index contributed by atoms with van der Waals surface area (Å²) < 4.78 is 1.13. The first-order valence-corrected chi connectivity index (χ1v) is 12.9. The van der Waals surface area contributed by atoms with Crippen molar-refractivity contribution in [2.45, 2.75) is 32.6 Å². The van der Waals surface area contributed by atoms with Crippen LogP contribution in [0, 0.1) is 6.92 Å². The summed E-state index contributed by atoms with van der Waals surface area (Å²) in [4.78, 5) is 8.74. The molecule has 4 aromatic carbocycles. The lowest BCUT2D eigenvalue weighted by Gasteiger charge is -2.17. The molecular formula is C30H26BrClN2. The van der Waals surface area contributed by atoms with Crippen molar-refractivity contribution in [3.63, 3.8) is 0 Å². The third-order valence-corrected chi connectivity index (χ3v) is 7.50. The van der Waals surface area contributed by atoms with Crippen LogP contribution >= 0.6 is 27.5 Å². The fourth-order valence-electron chi connectivity index (χ4n) is 4.57. The molecular weight excluding hydrogens is 504 g/mol. The summed E-state index contributed by atoms with van der Waals surface area (Å²) in [5, 5.41) is 0. The highest BCUT2D eigenvalue weighted by Gasteiger charge is 2.19. The predicted octanol–water partition coefficient (Wildman–Crippen LogP) is 9.33. The molecule has 0 atom stereocenters. The molecule has 5 aromatic rings. The molecule has 5 rings (SSSR count). The van der Waals surface area contributed by atoms with Crippen LogP contribution in [-0.4, -0.2) is 9.97 Å². The fourth-order valence-corrected chi connectivity index (χ4v) is 5.00. The first-order chi connectivity index (χ1) is 16.6. The lowest BCUT2D eigenvalue weighted by molar-refractivity contribution is 0.926. The maximum Gasteiger partial charge on any atom is 0.138 e. The Balaban J connectivity index is 1.81. The number of nitrogens with zero attached hydrogens (tertiary/aromatic N) is 1. The van der Waals surface area contributed by atoms with Gasteiger partial charge in [-0.25, -0.2) is 4.98 Å². The SMILES string of the molecule is CCCc1c(-c2ccc(Br)c(C)c2)cc2[nH]c(-c3ccc(CCl)cc3)nc2c1-c1ccccc1. The molecule has 0 radical (unpaired) electrons. The zero-order valence-electron chi connectivity index (χ0n) is 19.3. The number of nitrogens with one attached hydrogen (secondary N) is 1. The number of aryl methyl sites for hydroxylation is 1. The van der Waals surface area contributed by atoms with Gasteiger partial charge in [0, 0.05) is 21.5 Å². The molecule has 0 fully saturated rings. The van der Waals surface area contributed by atoms with Gasteiger partial charge in [-0.3, -0.25) is 0 Å². The largest absolute Gasteiger partial charge is 0.338 e. The fraction of sp³-hybridized carbons (Fsp3) is 0.167. The molecule has 0 saturated carbocycles. The Morgan fingerprint density at radius 1 is 0.882 bits per heavy atom. The summed E-state index contributed by atoms with van der Waals surface area (Å²) >= 11 is 9.65. The van der Waals surface area contributed by atoms with Crippen molar-refractivity contribution >= 4 is 38.6 Å². The van der Waals surface area contributed by atoms with Crippen LogP contribution in [0.1, 0.15) is 30.0 Å². The van der Waals surface area contributed by atoms with Gasteiger partial charge in [0.25, 0.3) is 0 Å². The minimum absolute atomic E-state index is 0.509. The van der Waals surface area contributed by atoms with E-state index in [1.807, 2.05) is 0 Å². The van der Waals surface area contributed by atoms with Gasteiger partial charge in [-0.15, -0.1) is 11.6 Å². The van der Waals surface area contributed by atoms with E-state index in [0.29, 0.717) is 5.88 Å². The quantitative estimate of drug-likeness (QED) is 0.218. The van der Waals surface area contributed by atoms with E-state index in [9.17, 15) is 0 Å². The van der Waals surface area contributed by atoms with E-state index in [1.54, 1.807) is 0 Å². The van der Waals surface area contributed by atoms with Crippen LogP contribution in [-0.2, 0) is 12.3 Å². The molecule has 34 heavy (non-hydrogen) atoms. The van der Waals surface area contributed by atoms with Gasteiger partial charge in [0.15, 0.2) is 0 Å².